The van der Waals surface area contributed by atoms with Crippen molar-refractivity contribution in [3.05, 3.63) is 117 Å². The number of amides is 4. The number of fused-ring (bicyclic) bond motifs is 2. The van der Waals surface area contributed by atoms with Gasteiger partial charge in [-0.15, -0.1) is 38.1 Å². The van der Waals surface area contributed by atoms with Gasteiger partial charge in [0.05, 0.1) is 33.6 Å². The Labute approximate surface area is 272 Å². The Kier molecular flexibility index (Phi) is 7.16. The molecular formula is C35H19F3N2O4S2. The lowest BCUT2D eigenvalue weighted by molar-refractivity contribution is -0.173. The Morgan fingerprint density at radius 2 is 0.957 bits per heavy atom. The topological polar surface area (TPSA) is 74.8 Å². The van der Waals surface area contributed by atoms with E-state index in [4.69, 9.17) is 12.8 Å². The number of rotatable bonds is 4. The van der Waals surface area contributed by atoms with Crippen LogP contribution >= 0.6 is 25.3 Å². The van der Waals surface area contributed by atoms with Gasteiger partial charge >= 0.3 is 6.18 Å². The van der Waals surface area contributed by atoms with Gasteiger partial charge in [0, 0.05) is 20.9 Å². The van der Waals surface area contributed by atoms with Crippen LogP contribution in [0.4, 0.5) is 24.5 Å². The first kappa shape index (κ1) is 30.8. The summed E-state index contributed by atoms with van der Waals surface area (Å²) in [6.07, 6.45) is 5.92. The number of imide groups is 2. The maximum atomic E-state index is 15.2. The molecule has 0 N–H and O–H groups in total. The van der Waals surface area contributed by atoms with Crippen LogP contribution in [0.15, 0.2) is 82.6 Å². The Bertz CT molecular complexity index is 2020. The number of carbonyl (C=O) groups excluding carboxylic acids is 4. The summed E-state index contributed by atoms with van der Waals surface area (Å²) >= 11 is 8.72. The molecule has 46 heavy (non-hydrogen) atoms. The smallest absolute Gasteiger partial charge is 0.268 e. The second-order valence-corrected chi connectivity index (χ2v) is 11.7. The third-order valence-electron chi connectivity index (χ3n) is 8.26. The van der Waals surface area contributed by atoms with Crippen molar-refractivity contribution in [1.29, 1.82) is 0 Å². The number of benzene rings is 4. The van der Waals surface area contributed by atoms with Gasteiger partial charge in [-0.25, -0.2) is 9.80 Å². The summed E-state index contributed by atoms with van der Waals surface area (Å²) in [7, 11) is 0. The molecule has 4 amide bonds. The average Bonchev–Trinajstić information content (AvgIpc) is 3.43. The van der Waals surface area contributed by atoms with Crippen LogP contribution in [0.2, 0.25) is 0 Å². The van der Waals surface area contributed by atoms with Crippen LogP contribution in [0.25, 0.3) is 0 Å². The number of hydrogen-bond donors (Lipinski definition) is 2. The molecule has 0 radical (unpaired) electrons. The molecular weight excluding hydrogens is 634 g/mol. The van der Waals surface area contributed by atoms with Crippen LogP contribution in [0, 0.1) is 24.7 Å². The molecule has 6 rings (SSSR count). The van der Waals surface area contributed by atoms with Crippen molar-refractivity contribution >= 4 is 60.3 Å². The van der Waals surface area contributed by atoms with E-state index >= 15 is 13.2 Å². The summed E-state index contributed by atoms with van der Waals surface area (Å²) in [5.74, 6) is 1.75. The van der Waals surface area contributed by atoms with Crippen LogP contribution in [0.1, 0.15) is 70.6 Å². The van der Waals surface area contributed by atoms with Gasteiger partial charge in [-0.1, -0.05) is 24.0 Å². The monoisotopic (exact) mass is 652 g/mol. The number of terminal acetylenes is 2. The third kappa shape index (κ3) is 4.43. The van der Waals surface area contributed by atoms with Crippen molar-refractivity contribution in [2.24, 2.45) is 0 Å². The molecule has 0 saturated heterocycles. The first-order valence-corrected chi connectivity index (χ1v) is 14.3. The molecule has 0 unspecified atom stereocenters. The highest BCUT2D eigenvalue weighted by Crippen LogP contribution is 2.49. The Hall–Kier alpha value is -5.23. The van der Waals surface area contributed by atoms with Gasteiger partial charge in [0.1, 0.15) is 5.41 Å². The number of hydrogen-bond acceptors (Lipinski definition) is 6. The van der Waals surface area contributed by atoms with E-state index in [9.17, 15) is 19.2 Å². The first-order chi connectivity index (χ1) is 21.7. The van der Waals surface area contributed by atoms with Crippen molar-refractivity contribution in [3.63, 3.8) is 0 Å². The average molecular weight is 653 g/mol. The molecule has 0 aliphatic carbocycles. The SMILES string of the molecule is C#Cc1ccc2c(c1)C(=O)N(c1cc(C(C)(c3ccc(S)c(N4C(=O)c5ccc(C#C)cc5C4=O)c3)C(F)(F)F)ccc1S)C2=O. The highest BCUT2D eigenvalue weighted by Gasteiger charge is 2.54. The van der Waals surface area contributed by atoms with Crippen LogP contribution in [0.3, 0.4) is 0 Å². The van der Waals surface area contributed by atoms with Crippen LogP contribution in [-0.2, 0) is 5.41 Å². The molecule has 0 bridgehead atoms. The molecule has 2 aliphatic rings. The molecule has 0 aromatic heterocycles. The molecule has 6 nitrogen and oxygen atoms in total. The highest BCUT2D eigenvalue weighted by molar-refractivity contribution is 7.80. The van der Waals surface area contributed by atoms with E-state index in [1.54, 1.807) is 0 Å². The summed E-state index contributed by atoms with van der Waals surface area (Å²) in [6, 6.07) is 15.5. The molecule has 0 spiro atoms. The quantitative estimate of drug-likeness (QED) is 0.146. The van der Waals surface area contributed by atoms with Crippen molar-refractivity contribution in [2.45, 2.75) is 28.3 Å². The number of nitrogens with zero attached hydrogens (tertiary/aromatic N) is 2. The number of carbonyl (C=O) groups is 4. The van der Waals surface area contributed by atoms with Gasteiger partial charge in [-0.05, 0) is 78.7 Å². The van der Waals surface area contributed by atoms with Gasteiger partial charge in [-0.2, -0.15) is 13.2 Å². The summed E-state index contributed by atoms with van der Waals surface area (Å²) in [4.78, 5) is 55.1. The van der Waals surface area contributed by atoms with Gasteiger partial charge in [0.2, 0.25) is 0 Å². The number of thiol groups is 2. The maximum Gasteiger partial charge on any atom is 0.402 e. The fourth-order valence-corrected chi connectivity index (χ4v) is 6.10. The van der Waals surface area contributed by atoms with E-state index in [-0.39, 0.29) is 54.5 Å². The lowest BCUT2D eigenvalue weighted by Crippen LogP contribution is -2.41. The predicted molar refractivity (Wildman–Crippen MR) is 171 cm³/mol. The summed E-state index contributed by atoms with van der Waals surface area (Å²) in [5.41, 5.74) is -2.96. The number of alkyl halides is 3. The van der Waals surface area contributed by atoms with Crippen molar-refractivity contribution in [2.75, 3.05) is 9.80 Å². The van der Waals surface area contributed by atoms with Gasteiger partial charge in [0.25, 0.3) is 23.6 Å². The molecule has 226 valence electrons. The van der Waals surface area contributed by atoms with E-state index in [2.05, 4.69) is 37.1 Å². The lowest BCUT2D eigenvalue weighted by Gasteiger charge is -2.35. The second kappa shape index (κ2) is 10.7. The van der Waals surface area contributed by atoms with Gasteiger partial charge in [-0.3, -0.25) is 19.2 Å². The maximum absolute atomic E-state index is 15.2. The number of halogens is 3. The van der Waals surface area contributed by atoms with E-state index < -0.39 is 35.2 Å². The molecule has 2 heterocycles. The molecule has 0 saturated carbocycles. The molecule has 11 heteroatoms. The van der Waals surface area contributed by atoms with E-state index in [0.29, 0.717) is 11.1 Å². The normalized spacial score (nSPS) is 14.3. The van der Waals surface area contributed by atoms with Gasteiger partial charge in [0.15, 0.2) is 0 Å². The molecule has 2 aliphatic heterocycles. The Morgan fingerprint density at radius 3 is 1.30 bits per heavy atom. The van der Waals surface area contributed by atoms with Crippen molar-refractivity contribution < 1.29 is 32.3 Å². The van der Waals surface area contributed by atoms with E-state index in [1.807, 2.05) is 0 Å². The van der Waals surface area contributed by atoms with Crippen LogP contribution in [-0.4, -0.2) is 29.8 Å². The molecule has 0 atom stereocenters. The van der Waals surface area contributed by atoms with Crippen molar-refractivity contribution in [1.82, 2.24) is 0 Å². The zero-order valence-corrected chi connectivity index (χ0v) is 25.4. The molecule has 4 aromatic carbocycles. The minimum absolute atomic E-state index is 0.0153. The minimum Gasteiger partial charge on any atom is -0.268 e. The van der Waals surface area contributed by atoms with Crippen LogP contribution < -0.4 is 9.80 Å². The fourth-order valence-electron chi connectivity index (χ4n) is 5.62. The Morgan fingerprint density at radius 1 is 0.587 bits per heavy atom. The standard InChI is InChI=1S/C35H19F3N2O4S2/c1-4-18-6-10-22-24(14-18)32(43)39(30(22)41)26-16-20(8-12-28(26)45)34(3,35(36,37)38)21-9-13-29(46)27(17-21)40-31(42)23-11-7-19(5-2)15-25(23)33(40)44/h1-2,6-17,45-46H,3H3. The molecule has 0 fully saturated rings. The highest BCUT2D eigenvalue weighted by atomic mass is 32.1. The lowest BCUT2D eigenvalue weighted by atomic mass is 9.75. The second-order valence-electron chi connectivity index (χ2n) is 10.7. The van der Waals surface area contributed by atoms with Crippen molar-refractivity contribution in [3.8, 4) is 24.7 Å². The van der Waals surface area contributed by atoms with Gasteiger partial charge < -0.3 is 0 Å². The summed E-state index contributed by atoms with van der Waals surface area (Å²) in [5, 5.41) is 0. The zero-order valence-electron chi connectivity index (χ0n) is 23.6. The Balaban J connectivity index is 1.47. The summed E-state index contributed by atoms with van der Waals surface area (Å²) < 4.78 is 45.7. The van der Waals surface area contributed by atoms with Crippen LogP contribution in [0.5, 0.6) is 0 Å². The zero-order chi connectivity index (χ0) is 33.3. The molecule has 4 aromatic rings. The largest absolute Gasteiger partial charge is 0.402 e. The first-order valence-electron chi connectivity index (χ1n) is 13.5. The predicted octanol–water partition coefficient (Wildman–Crippen LogP) is 6.70. The van der Waals surface area contributed by atoms with E-state index in [0.717, 1.165) is 28.9 Å². The number of anilines is 2. The van der Waals surface area contributed by atoms with E-state index in [1.165, 1.54) is 60.7 Å². The minimum atomic E-state index is -4.95. The fraction of sp³-hybridized carbons (Fsp3) is 0.0857. The third-order valence-corrected chi connectivity index (χ3v) is 9.02. The summed E-state index contributed by atoms with van der Waals surface area (Å²) in [6.45, 7) is 0.921.